The van der Waals surface area contributed by atoms with E-state index in [4.69, 9.17) is 16.3 Å². The number of amides is 1. The normalized spacial score (nSPS) is 10.9. The summed E-state index contributed by atoms with van der Waals surface area (Å²) in [5.74, 6) is 0.200. The zero-order valence-electron chi connectivity index (χ0n) is 17.6. The molecule has 0 aliphatic rings. The molecule has 4 aromatic rings. The summed E-state index contributed by atoms with van der Waals surface area (Å²) in [7, 11) is 0. The van der Waals surface area contributed by atoms with Gasteiger partial charge in [-0.15, -0.1) is 0 Å². The van der Waals surface area contributed by atoms with E-state index in [-0.39, 0.29) is 11.4 Å². The fraction of sp³-hybridized carbons (Fsp3) is 0.0417. The molecule has 0 aliphatic heterocycles. The maximum atomic E-state index is 12.3. The summed E-state index contributed by atoms with van der Waals surface area (Å²) in [5.41, 5.74) is 5.39. The maximum Gasteiger partial charge on any atom is 0.289 e. The molecule has 0 bridgehead atoms. The summed E-state index contributed by atoms with van der Waals surface area (Å²) in [4.78, 5) is 22.6. The molecule has 170 valence electrons. The van der Waals surface area contributed by atoms with Crippen molar-refractivity contribution in [3.05, 3.63) is 111 Å². The van der Waals surface area contributed by atoms with E-state index in [1.165, 1.54) is 24.4 Å². The number of rotatable bonds is 8. The van der Waals surface area contributed by atoms with Gasteiger partial charge in [-0.05, 0) is 48.0 Å². The number of aromatic amines is 1. The smallest absolute Gasteiger partial charge is 0.289 e. The first-order valence-electron chi connectivity index (χ1n) is 10.1. The van der Waals surface area contributed by atoms with Crippen LogP contribution in [0.15, 0.2) is 84.0 Å². The molecular weight excluding hydrogens is 458 g/mol. The third kappa shape index (κ3) is 5.84. The minimum absolute atomic E-state index is 0.0603. The topological polar surface area (TPSA) is 123 Å². The lowest BCUT2D eigenvalue weighted by Crippen LogP contribution is -2.18. The number of hydrogen-bond acceptors (Lipinski definition) is 6. The first-order chi connectivity index (χ1) is 16.5. The Bertz CT molecular complexity index is 1330. The average Bonchev–Trinajstić information content (AvgIpc) is 3.35. The predicted molar refractivity (Wildman–Crippen MR) is 128 cm³/mol. The zero-order chi connectivity index (χ0) is 23.9. The predicted octanol–water partition coefficient (Wildman–Crippen LogP) is 4.98. The summed E-state index contributed by atoms with van der Waals surface area (Å²) < 4.78 is 5.78. The number of H-pyrrole nitrogens is 1. The summed E-state index contributed by atoms with van der Waals surface area (Å²) >= 11 is 5.89. The molecule has 2 N–H and O–H groups in total. The van der Waals surface area contributed by atoms with Crippen LogP contribution >= 0.6 is 11.6 Å². The Labute approximate surface area is 199 Å². The van der Waals surface area contributed by atoms with E-state index in [1.54, 1.807) is 12.1 Å². The van der Waals surface area contributed by atoms with Crippen LogP contribution < -0.4 is 10.2 Å². The molecular formula is C24H18ClN5O4. The molecule has 0 unspecified atom stereocenters. The molecule has 0 fully saturated rings. The van der Waals surface area contributed by atoms with Crippen molar-refractivity contribution in [1.29, 1.82) is 0 Å². The molecule has 0 radical (unpaired) electrons. The van der Waals surface area contributed by atoms with E-state index in [1.807, 2.05) is 48.5 Å². The highest BCUT2D eigenvalue weighted by atomic mass is 35.5. The number of benzene rings is 3. The van der Waals surface area contributed by atoms with Crippen LogP contribution in [0.4, 0.5) is 5.69 Å². The zero-order valence-corrected chi connectivity index (χ0v) is 18.4. The standard InChI is InChI=1S/C24H18ClN5O4/c25-19-8-4-16(5-9-19)15-34-21-10-6-18(7-11-21)22-13-23(28-27-22)24(31)29-26-14-17-2-1-3-20(12-17)30(32)33/h1-14H,15H2,(H,27,28)(H,29,31)/b26-14+. The van der Waals surface area contributed by atoms with E-state index in [9.17, 15) is 14.9 Å². The number of halogens is 1. The minimum Gasteiger partial charge on any atom is -0.489 e. The number of nitrogens with zero attached hydrogens (tertiary/aromatic N) is 3. The van der Waals surface area contributed by atoms with Crippen molar-refractivity contribution in [1.82, 2.24) is 15.6 Å². The Morgan fingerprint density at radius 1 is 1.12 bits per heavy atom. The van der Waals surface area contributed by atoms with Crippen LogP contribution in [0.5, 0.6) is 5.75 Å². The van der Waals surface area contributed by atoms with E-state index < -0.39 is 10.8 Å². The van der Waals surface area contributed by atoms with Crippen LogP contribution in [0.25, 0.3) is 11.3 Å². The molecule has 9 nitrogen and oxygen atoms in total. The largest absolute Gasteiger partial charge is 0.489 e. The van der Waals surface area contributed by atoms with Gasteiger partial charge in [0.1, 0.15) is 18.1 Å². The number of hydrazone groups is 1. The number of carbonyl (C=O) groups is 1. The summed E-state index contributed by atoms with van der Waals surface area (Å²) in [6, 6.07) is 22.3. The summed E-state index contributed by atoms with van der Waals surface area (Å²) in [5, 5.41) is 22.2. The van der Waals surface area contributed by atoms with Crippen molar-refractivity contribution in [3.63, 3.8) is 0 Å². The molecule has 0 aliphatic carbocycles. The average molecular weight is 476 g/mol. The minimum atomic E-state index is -0.500. The molecule has 0 saturated heterocycles. The van der Waals surface area contributed by atoms with Crippen molar-refractivity contribution in [2.75, 3.05) is 0 Å². The van der Waals surface area contributed by atoms with Gasteiger partial charge in [0, 0.05) is 28.3 Å². The Kier molecular flexibility index (Phi) is 6.95. The van der Waals surface area contributed by atoms with Crippen LogP contribution in [0.2, 0.25) is 5.02 Å². The number of hydrogen-bond donors (Lipinski definition) is 2. The van der Waals surface area contributed by atoms with Crippen molar-refractivity contribution in [2.24, 2.45) is 5.10 Å². The quantitative estimate of drug-likeness (QED) is 0.211. The van der Waals surface area contributed by atoms with E-state index >= 15 is 0 Å². The number of non-ortho nitro benzene ring substituents is 1. The van der Waals surface area contributed by atoms with Crippen molar-refractivity contribution in [2.45, 2.75) is 6.61 Å². The van der Waals surface area contributed by atoms with Gasteiger partial charge < -0.3 is 4.74 Å². The van der Waals surface area contributed by atoms with Gasteiger partial charge in [-0.2, -0.15) is 10.2 Å². The number of nitrogens with one attached hydrogen (secondary N) is 2. The van der Waals surface area contributed by atoms with Crippen molar-refractivity contribution >= 4 is 29.4 Å². The summed E-state index contributed by atoms with van der Waals surface area (Å²) in [6.45, 7) is 0.417. The van der Waals surface area contributed by atoms with Gasteiger partial charge in [0.05, 0.1) is 16.8 Å². The van der Waals surface area contributed by atoms with Crippen LogP contribution in [-0.4, -0.2) is 27.2 Å². The van der Waals surface area contributed by atoms with Crippen LogP contribution in [0, 0.1) is 10.1 Å². The number of carbonyl (C=O) groups excluding carboxylic acids is 1. The lowest BCUT2D eigenvalue weighted by Gasteiger charge is -2.07. The molecule has 0 saturated carbocycles. The van der Waals surface area contributed by atoms with Crippen LogP contribution in [0.3, 0.4) is 0 Å². The van der Waals surface area contributed by atoms with E-state index in [2.05, 4.69) is 20.7 Å². The molecule has 0 atom stereocenters. The molecule has 10 heteroatoms. The van der Waals surface area contributed by atoms with Crippen LogP contribution in [-0.2, 0) is 6.61 Å². The lowest BCUT2D eigenvalue weighted by molar-refractivity contribution is -0.384. The molecule has 1 amide bonds. The van der Waals surface area contributed by atoms with Gasteiger partial charge in [0.25, 0.3) is 11.6 Å². The molecule has 1 heterocycles. The number of ether oxygens (including phenoxy) is 1. The maximum absolute atomic E-state index is 12.3. The molecule has 34 heavy (non-hydrogen) atoms. The lowest BCUT2D eigenvalue weighted by atomic mass is 10.1. The van der Waals surface area contributed by atoms with Gasteiger partial charge in [-0.25, -0.2) is 5.43 Å². The fourth-order valence-corrected chi connectivity index (χ4v) is 3.13. The summed E-state index contributed by atoms with van der Waals surface area (Å²) in [6.07, 6.45) is 1.32. The third-order valence-corrected chi connectivity index (χ3v) is 5.00. The monoisotopic (exact) mass is 475 g/mol. The molecule has 0 spiro atoms. The van der Waals surface area contributed by atoms with Crippen molar-refractivity contribution < 1.29 is 14.5 Å². The molecule has 4 rings (SSSR count). The first kappa shape index (κ1) is 22.7. The Morgan fingerprint density at radius 2 is 1.88 bits per heavy atom. The Balaban J connectivity index is 1.34. The van der Waals surface area contributed by atoms with Gasteiger partial charge in [0.15, 0.2) is 0 Å². The second kappa shape index (κ2) is 10.4. The van der Waals surface area contributed by atoms with Gasteiger partial charge >= 0.3 is 0 Å². The highest BCUT2D eigenvalue weighted by Gasteiger charge is 2.11. The van der Waals surface area contributed by atoms with E-state index in [0.29, 0.717) is 28.6 Å². The Hall–Kier alpha value is -4.50. The van der Waals surface area contributed by atoms with Gasteiger partial charge in [0.2, 0.25) is 0 Å². The van der Waals surface area contributed by atoms with E-state index in [0.717, 1.165) is 11.1 Å². The second-order valence-electron chi connectivity index (χ2n) is 7.16. The number of nitro benzene ring substituents is 1. The second-order valence-corrected chi connectivity index (χ2v) is 7.59. The number of aromatic nitrogens is 2. The SMILES string of the molecule is O=C(N/N=C/c1cccc([N+](=O)[O-])c1)c1cc(-c2ccc(OCc3ccc(Cl)cc3)cc2)n[nH]1. The Morgan fingerprint density at radius 3 is 2.62 bits per heavy atom. The fourth-order valence-electron chi connectivity index (χ4n) is 3.00. The molecule has 3 aromatic carbocycles. The van der Waals surface area contributed by atoms with Crippen molar-refractivity contribution in [3.8, 4) is 17.0 Å². The molecule has 1 aromatic heterocycles. The van der Waals surface area contributed by atoms with Crippen LogP contribution in [0.1, 0.15) is 21.6 Å². The highest BCUT2D eigenvalue weighted by Crippen LogP contribution is 2.22. The van der Waals surface area contributed by atoms with Gasteiger partial charge in [-0.1, -0.05) is 35.9 Å². The highest BCUT2D eigenvalue weighted by molar-refractivity contribution is 6.30. The van der Waals surface area contributed by atoms with Gasteiger partial charge in [-0.3, -0.25) is 20.0 Å². The number of nitro groups is 1. The third-order valence-electron chi connectivity index (χ3n) is 4.75. The first-order valence-corrected chi connectivity index (χ1v) is 10.5.